The smallest absolute Gasteiger partial charge is 0.0865 e. The van der Waals surface area contributed by atoms with Gasteiger partial charge in [-0.05, 0) is 26.0 Å². The van der Waals surface area contributed by atoms with Crippen molar-refractivity contribution in [1.29, 1.82) is 0 Å². The molecule has 0 aliphatic rings. The van der Waals surface area contributed by atoms with Crippen molar-refractivity contribution in [1.82, 2.24) is 5.32 Å². The van der Waals surface area contributed by atoms with Gasteiger partial charge in [-0.3, -0.25) is 9.90 Å². The molecule has 4 heteroatoms. The Bertz CT molecular complexity index is 365. The summed E-state index contributed by atoms with van der Waals surface area (Å²) in [6.07, 6.45) is 0. The van der Waals surface area contributed by atoms with Crippen molar-refractivity contribution < 1.29 is 4.84 Å². The van der Waals surface area contributed by atoms with E-state index in [1.54, 1.807) is 5.06 Å². The van der Waals surface area contributed by atoms with Crippen LogP contribution in [-0.2, 0) is 4.84 Å². The van der Waals surface area contributed by atoms with Gasteiger partial charge in [-0.1, -0.05) is 18.7 Å². The van der Waals surface area contributed by atoms with Crippen LogP contribution in [0.1, 0.15) is 13.8 Å². The van der Waals surface area contributed by atoms with Crippen LogP contribution >= 0.6 is 0 Å². The zero-order chi connectivity index (χ0) is 12.7. The van der Waals surface area contributed by atoms with Crippen LogP contribution in [-0.4, -0.2) is 20.3 Å². The quantitative estimate of drug-likeness (QED) is 0.562. The summed E-state index contributed by atoms with van der Waals surface area (Å²) in [5.41, 5.74) is 2.98. The Morgan fingerprint density at radius 2 is 2.12 bits per heavy atom. The Hall–Kier alpha value is -1.68. The van der Waals surface area contributed by atoms with Gasteiger partial charge in [0, 0.05) is 12.7 Å². The summed E-state index contributed by atoms with van der Waals surface area (Å²) in [5, 5.41) is 8.18. The summed E-state index contributed by atoms with van der Waals surface area (Å²) in [6, 6.07) is 8.01. The van der Waals surface area contributed by atoms with Crippen molar-refractivity contribution in [3.63, 3.8) is 0 Å². The van der Waals surface area contributed by atoms with Crippen LogP contribution in [0.3, 0.4) is 0 Å². The van der Waals surface area contributed by atoms with Crippen LogP contribution in [0.25, 0.3) is 0 Å². The minimum atomic E-state index is 0.645. The minimum absolute atomic E-state index is 0.645. The van der Waals surface area contributed by atoms with E-state index >= 15 is 0 Å². The fraction of sp³-hybridized carbons (Fsp3) is 0.385. The van der Waals surface area contributed by atoms with E-state index in [4.69, 9.17) is 4.84 Å². The molecule has 0 amide bonds. The molecular formula is C13H21N3O. The van der Waals surface area contributed by atoms with Crippen LogP contribution in [0.5, 0.6) is 0 Å². The Morgan fingerprint density at radius 3 is 2.76 bits per heavy atom. The number of anilines is 2. The predicted molar refractivity (Wildman–Crippen MR) is 72.9 cm³/mol. The van der Waals surface area contributed by atoms with Crippen molar-refractivity contribution in [2.75, 3.05) is 30.7 Å². The average Bonchev–Trinajstić information content (AvgIpc) is 2.29. The summed E-state index contributed by atoms with van der Waals surface area (Å²) in [4.78, 5) is 5.45. The molecule has 1 aromatic carbocycles. The van der Waals surface area contributed by atoms with Crippen molar-refractivity contribution in [3.8, 4) is 0 Å². The number of nitrogens with zero attached hydrogens (tertiary/aromatic N) is 1. The maximum Gasteiger partial charge on any atom is 0.0865 e. The highest BCUT2D eigenvalue weighted by Gasteiger charge is 2.05. The van der Waals surface area contributed by atoms with Crippen molar-refractivity contribution >= 4 is 11.4 Å². The molecule has 0 bridgehead atoms. The zero-order valence-corrected chi connectivity index (χ0v) is 10.8. The first-order valence-electron chi connectivity index (χ1n) is 5.74. The first kappa shape index (κ1) is 13.4. The fourth-order valence-corrected chi connectivity index (χ4v) is 1.45. The Kier molecular flexibility index (Phi) is 5.36. The molecule has 1 aromatic rings. The Morgan fingerprint density at radius 1 is 1.41 bits per heavy atom. The highest BCUT2D eigenvalue weighted by Crippen LogP contribution is 2.24. The third-order valence-electron chi connectivity index (χ3n) is 2.24. The molecular weight excluding hydrogens is 214 g/mol. The van der Waals surface area contributed by atoms with E-state index < -0.39 is 0 Å². The van der Waals surface area contributed by atoms with E-state index in [1.165, 1.54) is 0 Å². The maximum absolute atomic E-state index is 5.45. The lowest BCUT2D eigenvalue weighted by molar-refractivity contribution is 0.135. The molecule has 94 valence electrons. The van der Waals surface area contributed by atoms with E-state index in [-0.39, 0.29) is 0 Å². The number of para-hydroxylation sites is 2. The first-order valence-corrected chi connectivity index (χ1v) is 5.74. The van der Waals surface area contributed by atoms with Gasteiger partial charge in [0.25, 0.3) is 0 Å². The second-order valence-electron chi connectivity index (χ2n) is 3.74. The van der Waals surface area contributed by atoms with E-state index in [0.29, 0.717) is 13.3 Å². The van der Waals surface area contributed by atoms with Crippen LogP contribution in [0.4, 0.5) is 11.4 Å². The molecule has 17 heavy (non-hydrogen) atoms. The maximum atomic E-state index is 5.45. The van der Waals surface area contributed by atoms with Crippen LogP contribution < -0.4 is 15.7 Å². The molecule has 0 fully saturated rings. The number of rotatable bonds is 7. The molecule has 0 spiro atoms. The molecule has 0 heterocycles. The fourth-order valence-electron chi connectivity index (χ4n) is 1.45. The molecule has 0 aromatic heterocycles. The monoisotopic (exact) mass is 235 g/mol. The number of hydrogen-bond donors (Lipinski definition) is 2. The van der Waals surface area contributed by atoms with E-state index in [2.05, 4.69) is 17.2 Å². The molecule has 0 aliphatic heterocycles. The lowest BCUT2D eigenvalue weighted by atomic mass is 10.2. The number of benzene rings is 1. The minimum Gasteiger partial charge on any atom is -0.372 e. The van der Waals surface area contributed by atoms with E-state index in [0.717, 1.165) is 17.1 Å². The Balaban J connectivity index is 2.66. The topological polar surface area (TPSA) is 36.5 Å². The number of allylic oxidation sites excluding steroid dienone is 1. The van der Waals surface area contributed by atoms with Gasteiger partial charge in [0.05, 0.1) is 24.7 Å². The summed E-state index contributed by atoms with van der Waals surface area (Å²) in [7, 11) is 1.90. The Labute approximate surface area is 103 Å². The van der Waals surface area contributed by atoms with Gasteiger partial charge in [-0.25, -0.2) is 0 Å². The summed E-state index contributed by atoms with van der Waals surface area (Å²) >= 11 is 0. The van der Waals surface area contributed by atoms with Crippen molar-refractivity contribution in [2.24, 2.45) is 0 Å². The second kappa shape index (κ2) is 6.81. The molecule has 0 saturated heterocycles. The van der Waals surface area contributed by atoms with Crippen LogP contribution in [0.2, 0.25) is 0 Å². The summed E-state index contributed by atoms with van der Waals surface area (Å²) in [5.74, 6) is 0. The first-order chi connectivity index (χ1) is 8.15. The molecule has 2 N–H and O–H groups in total. The molecule has 0 atom stereocenters. The summed E-state index contributed by atoms with van der Waals surface area (Å²) < 4.78 is 0. The highest BCUT2D eigenvalue weighted by molar-refractivity contribution is 5.68. The van der Waals surface area contributed by atoms with Crippen LogP contribution in [0, 0.1) is 0 Å². The van der Waals surface area contributed by atoms with E-state index in [1.807, 2.05) is 45.2 Å². The van der Waals surface area contributed by atoms with Gasteiger partial charge in [0.1, 0.15) is 0 Å². The molecule has 0 saturated carbocycles. The van der Waals surface area contributed by atoms with Gasteiger partial charge in [0.2, 0.25) is 0 Å². The second-order valence-corrected chi connectivity index (χ2v) is 3.74. The molecule has 0 radical (unpaired) electrons. The SMILES string of the molecule is C=C(C)NCNc1ccccc1N(C)OCC. The van der Waals surface area contributed by atoms with Crippen LogP contribution in [0.15, 0.2) is 36.5 Å². The molecule has 0 unspecified atom stereocenters. The lowest BCUT2D eigenvalue weighted by Crippen LogP contribution is -2.23. The van der Waals surface area contributed by atoms with Gasteiger partial charge in [0.15, 0.2) is 0 Å². The van der Waals surface area contributed by atoms with Gasteiger partial charge in [-0.15, -0.1) is 0 Å². The molecule has 1 rings (SSSR count). The third-order valence-corrected chi connectivity index (χ3v) is 2.24. The largest absolute Gasteiger partial charge is 0.372 e. The van der Waals surface area contributed by atoms with Crippen molar-refractivity contribution in [2.45, 2.75) is 13.8 Å². The standard InChI is InChI=1S/C13H21N3O/c1-5-17-16(4)13-9-7-6-8-12(13)15-10-14-11(2)3/h6-9,14-15H,2,5,10H2,1,3-4H3. The molecule has 4 nitrogen and oxygen atoms in total. The molecule has 0 aliphatic carbocycles. The summed E-state index contributed by atoms with van der Waals surface area (Å²) in [6.45, 7) is 8.98. The number of nitrogens with one attached hydrogen (secondary N) is 2. The van der Waals surface area contributed by atoms with Gasteiger partial charge < -0.3 is 10.6 Å². The number of hydroxylamine groups is 1. The third kappa shape index (κ3) is 4.36. The van der Waals surface area contributed by atoms with Gasteiger partial charge in [-0.2, -0.15) is 0 Å². The van der Waals surface area contributed by atoms with E-state index in [9.17, 15) is 0 Å². The van der Waals surface area contributed by atoms with Crippen molar-refractivity contribution in [3.05, 3.63) is 36.5 Å². The highest BCUT2D eigenvalue weighted by atomic mass is 16.7. The lowest BCUT2D eigenvalue weighted by Gasteiger charge is -2.21. The zero-order valence-electron chi connectivity index (χ0n) is 10.8. The normalized spacial score (nSPS) is 9.82. The average molecular weight is 235 g/mol. The number of hydrogen-bond acceptors (Lipinski definition) is 4. The predicted octanol–water partition coefficient (Wildman–Crippen LogP) is 2.57. The van der Waals surface area contributed by atoms with Gasteiger partial charge >= 0.3 is 0 Å².